The number of amides is 1. The van der Waals surface area contributed by atoms with E-state index in [0.29, 0.717) is 24.3 Å². The number of carbonyl (C=O) groups excluding carboxylic acids is 1. The van der Waals surface area contributed by atoms with Crippen molar-refractivity contribution in [3.8, 4) is 0 Å². The Kier molecular flexibility index (Phi) is 4.08. The number of aliphatic hydroxyl groups excluding tert-OH is 1. The fourth-order valence-corrected chi connectivity index (χ4v) is 7.53. The molecular weight excluding hydrogens is 426 g/mol. The van der Waals surface area contributed by atoms with Crippen LogP contribution in [0.15, 0.2) is 30.3 Å². The number of nitrogens with zero attached hydrogens (tertiary/aromatic N) is 1. The maximum atomic E-state index is 13.1. The fraction of sp³-hybridized carbons (Fsp3) is 0.611. The minimum Gasteiger partial charge on any atom is -0.387 e. The zero-order valence-corrected chi connectivity index (χ0v) is 17.0. The molecule has 2 aliphatic carbocycles. The van der Waals surface area contributed by atoms with E-state index in [2.05, 4.69) is 15.9 Å². The number of alkyl halides is 1. The van der Waals surface area contributed by atoms with E-state index in [1.54, 1.807) is 30.3 Å². The van der Waals surface area contributed by atoms with Crippen LogP contribution in [0.3, 0.4) is 0 Å². The van der Waals surface area contributed by atoms with Crippen LogP contribution in [0.5, 0.6) is 0 Å². The van der Waals surface area contributed by atoms with E-state index in [1.807, 2.05) is 13.8 Å². The maximum absolute atomic E-state index is 13.1. The third-order valence-corrected chi connectivity index (χ3v) is 8.99. The summed E-state index contributed by atoms with van der Waals surface area (Å²) in [7, 11) is -4.18. The lowest BCUT2D eigenvalue weighted by Crippen LogP contribution is -2.50. The van der Waals surface area contributed by atoms with Crippen molar-refractivity contribution in [2.75, 3.05) is 0 Å². The summed E-state index contributed by atoms with van der Waals surface area (Å²) in [5, 5.41) is 10.5. The normalized spacial score (nSPS) is 35.9. The van der Waals surface area contributed by atoms with Crippen molar-refractivity contribution < 1.29 is 22.5 Å². The summed E-state index contributed by atoms with van der Waals surface area (Å²) in [5.74, 6) is -0.349. The van der Waals surface area contributed by atoms with Crippen LogP contribution in [0.2, 0.25) is 0 Å². The number of hydrogen-bond donors (Lipinski definition) is 1. The van der Waals surface area contributed by atoms with Gasteiger partial charge in [-0.2, -0.15) is 8.42 Å². The molecule has 1 saturated heterocycles. The van der Waals surface area contributed by atoms with Crippen LogP contribution in [0.1, 0.15) is 44.8 Å². The van der Waals surface area contributed by atoms with Gasteiger partial charge >= 0.3 is 10.3 Å². The van der Waals surface area contributed by atoms with Crippen LogP contribution in [0, 0.1) is 11.3 Å². The Balaban J connectivity index is 1.66. The second kappa shape index (κ2) is 5.77. The molecule has 1 aliphatic heterocycles. The van der Waals surface area contributed by atoms with Crippen LogP contribution >= 0.6 is 15.9 Å². The first-order valence-corrected chi connectivity index (χ1v) is 11.1. The SMILES string of the molecule is CC1(C)[C@H]2CC[C@@]13OS(=O)(=O)N([14C](=O)[14C@@H](Br)[C@H](O)c1ccccc1)[C@H]3C2. The summed E-state index contributed by atoms with van der Waals surface area (Å²) in [6.07, 6.45) is 0.999. The van der Waals surface area contributed by atoms with E-state index in [1.165, 1.54) is 0 Å². The zero-order valence-electron chi connectivity index (χ0n) is 14.6. The lowest BCUT2D eigenvalue weighted by Gasteiger charge is -2.35. The second-order valence-electron chi connectivity index (χ2n) is 8.03. The summed E-state index contributed by atoms with van der Waals surface area (Å²) in [6, 6.07) is 8.21. The monoisotopic (exact) mass is 447 g/mol. The van der Waals surface area contributed by atoms with Crippen molar-refractivity contribution in [1.29, 1.82) is 0 Å². The summed E-state index contributed by atoms with van der Waals surface area (Å²) in [5.41, 5.74) is -0.612. The molecule has 8 heteroatoms. The van der Waals surface area contributed by atoms with E-state index in [0.717, 1.165) is 10.7 Å². The smallest absolute Gasteiger partial charge is 0.365 e. The first-order chi connectivity index (χ1) is 12.1. The number of fused-ring (bicyclic) bond motifs is 1. The minimum absolute atomic E-state index is 0.306. The van der Waals surface area contributed by atoms with Gasteiger partial charge in [-0.05, 0) is 30.7 Å². The van der Waals surface area contributed by atoms with Crippen molar-refractivity contribution >= 4 is 32.1 Å². The molecule has 0 aromatic heterocycles. The van der Waals surface area contributed by atoms with Gasteiger partial charge < -0.3 is 5.11 Å². The Morgan fingerprint density at radius 3 is 2.65 bits per heavy atom. The highest BCUT2D eigenvalue weighted by Crippen LogP contribution is 2.66. The highest BCUT2D eigenvalue weighted by Gasteiger charge is 2.74. The minimum atomic E-state index is -4.18. The molecule has 2 saturated carbocycles. The number of aliphatic hydroxyl groups is 1. The molecule has 1 aromatic carbocycles. The Hall–Kier alpha value is -0.960. The summed E-state index contributed by atoms with van der Waals surface area (Å²) in [6.45, 7) is 4.05. The van der Waals surface area contributed by atoms with Gasteiger partial charge in [0.15, 0.2) is 0 Å². The molecule has 1 amide bonds. The predicted molar refractivity (Wildman–Crippen MR) is 98.6 cm³/mol. The first kappa shape index (κ1) is 18.4. The first-order valence-electron chi connectivity index (χ1n) is 8.78. The Morgan fingerprint density at radius 1 is 1.38 bits per heavy atom. The third kappa shape index (κ3) is 2.28. The van der Waals surface area contributed by atoms with Crippen molar-refractivity contribution in [1.82, 2.24) is 4.31 Å². The molecule has 3 aliphatic rings. The van der Waals surface area contributed by atoms with Gasteiger partial charge in [0.25, 0.3) is 5.91 Å². The molecule has 26 heavy (non-hydrogen) atoms. The molecule has 1 aromatic rings. The molecule has 0 radical (unpaired) electrons. The summed E-state index contributed by atoms with van der Waals surface area (Å²) in [4.78, 5) is 12.0. The quantitative estimate of drug-likeness (QED) is 0.719. The van der Waals surface area contributed by atoms with Gasteiger partial charge in [-0.25, -0.2) is 8.49 Å². The number of carbonyl (C=O) groups is 1. The number of halogens is 1. The fourth-order valence-electron chi connectivity index (χ4n) is 5.10. The van der Waals surface area contributed by atoms with Gasteiger partial charge in [-0.3, -0.25) is 4.79 Å². The van der Waals surface area contributed by atoms with E-state index in [-0.39, 0.29) is 5.41 Å². The zero-order chi connectivity index (χ0) is 18.9. The van der Waals surface area contributed by atoms with Gasteiger partial charge in [0.05, 0.1) is 6.04 Å². The highest BCUT2D eigenvalue weighted by molar-refractivity contribution is 9.10. The molecule has 4 rings (SSSR count). The molecule has 1 spiro atoms. The summed E-state index contributed by atoms with van der Waals surface area (Å²) < 4.78 is 32.0. The van der Waals surface area contributed by atoms with Crippen molar-refractivity contribution in [2.24, 2.45) is 11.3 Å². The standard InChI is InChI=1S/C18H22BrNO5S/c1-17(2)12-8-9-18(17)13(10-12)20(26(23,24)25-18)16(22)14(19)15(21)11-6-4-3-5-7-11/h3-7,12-15,21H,8-10H2,1-2H3/t12-,13-,14-,15+,18-/m0/s1/i14+2,16+2. The molecule has 6 nitrogen and oxygen atoms in total. The van der Waals surface area contributed by atoms with Gasteiger partial charge in [0.2, 0.25) is 0 Å². The van der Waals surface area contributed by atoms with Gasteiger partial charge in [0.1, 0.15) is 16.5 Å². The molecule has 1 N–H and O–H groups in total. The average molecular weight is 448 g/mol. The molecule has 142 valence electrons. The molecule has 1 heterocycles. The van der Waals surface area contributed by atoms with Gasteiger partial charge in [0, 0.05) is 5.41 Å². The molecule has 5 atom stereocenters. The van der Waals surface area contributed by atoms with Crippen LogP contribution in [0.25, 0.3) is 0 Å². The van der Waals surface area contributed by atoms with E-state index in [9.17, 15) is 18.3 Å². The van der Waals surface area contributed by atoms with Crippen LogP contribution < -0.4 is 0 Å². The Bertz CT molecular complexity index is 842. The van der Waals surface area contributed by atoms with E-state index < -0.39 is 38.8 Å². The average Bonchev–Trinajstić information content (AvgIpc) is 3.08. The van der Waals surface area contributed by atoms with Crippen molar-refractivity contribution in [3.63, 3.8) is 0 Å². The molecular formula is C18H22BrNO5S. The lowest BCUT2D eigenvalue weighted by molar-refractivity contribution is -0.130. The van der Waals surface area contributed by atoms with Crippen molar-refractivity contribution in [3.05, 3.63) is 35.9 Å². The van der Waals surface area contributed by atoms with Crippen molar-refractivity contribution in [2.45, 2.75) is 55.7 Å². The topological polar surface area (TPSA) is 83.9 Å². The second-order valence-corrected chi connectivity index (χ2v) is 10.4. The Labute approximate surface area is 161 Å². The molecule has 2 bridgehead atoms. The van der Waals surface area contributed by atoms with E-state index in [4.69, 9.17) is 4.18 Å². The van der Waals surface area contributed by atoms with E-state index >= 15 is 0 Å². The van der Waals surface area contributed by atoms with Crippen LogP contribution in [-0.2, 0) is 19.3 Å². The third-order valence-electron chi connectivity index (χ3n) is 6.67. The maximum Gasteiger partial charge on any atom is 0.365 e. The lowest BCUT2D eigenvalue weighted by atomic mass is 9.78. The highest BCUT2D eigenvalue weighted by atomic mass is 79.9. The number of benzene rings is 1. The van der Waals surface area contributed by atoms with Crippen LogP contribution in [-0.4, -0.2) is 40.2 Å². The van der Waals surface area contributed by atoms with Gasteiger partial charge in [-0.15, -0.1) is 0 Å². The van der Waals surface area contributed by atoms with Crippen LogP contribution in [0.4, 0.5) is 0 Å². The molecule has 3 fully saturated rings. The number of rotatable bonds is 3. The van der Waals surface area contributed by atoms with Gasteiger partial charge in [-0.1, -0.05) is 60.1 Å². The number of hydrogen-bond acceptors (Lipinski definition) is 5. The predicted octanol–water partition coefficient (Wildman–Crippen LogP) is 2.53. The molecule has 0 unspecified atom stereocenters. The largest absolute Gasteiger partial charge is 0.387 e. The Morgan fingerprint density at radius 2 is 2.04 bits per heavy atom. The summed E-state index contributed by atoms with van der Waals surface area (Å²) >= 11 is 3.22.